The number of anilines is 1. The van der Waals surface area contributed by atoms with E-state index in [-0.39, 0.29) is 0 Å². The van der Waals surface area contributed by atoms with Gasteiger partial charge < -0.3 is 10.2 Å². The second-order valence-electron chi connectivity index (χ2n) is 3.91. The molecule has 2 rings (SSSR count). The van der Waals surface area contributed by atoms with Crippen molar-refractivity contribution in [2.24, 2.45) is 0 Å². The summed E-state index contributed by atoms with van der Waals surface area (Å²) < 4.78 is 0. The van der Waals surface area contributed by atoms with E-state index in [0.717, 1.165) is 23.2 Å². The maximum Gasteiger partial charge on any atom is 0.208 e. The molecule has 2 heterocycles. The molecule has 0 aliphatic carbocycles. The normalized spacial score (nSPS) is 28.1. The van der Waals surface area contributed by atoms with Crippen LogP contribution < -0.4 is 10.2 Å². The van der Waals surface area contributed by atoms with Gasteiger partial charge in [-0.05, 0) is 20.8 Å². The smallest absolute Gasteiger partial charge is 0.208 e. The molecular weight excluding hydrogens is 196 g/mol. The van der Waals surface area contributed by atoms with Gasteiger partial charge in [0.1, 0.15) is 5.01 Å². The number of rotatable bonds is 1. The van der Waals surface area contributed by atoms with Crippen molar-refractivity contribution < 1.29 is 0 Å². The van der Waals surface area contributed by atoms with E-state index in [1.54, 1.807) is 11.3 Å². The van der Waals surface area contributed by atoms with E-state index in [1.165, 1.54) is 0 Å². The highest BCUT2D eigenvalue weighted by atomic mass is 32.1. The fourth-order valence-electron chi connectivity index (χ4n) is 1.69. The van der Waals surface area contributed by atoms with E-state index in [9.17, 15) is 0 Å². The standard InChI is InChI=1S/C9H16N4S/c1-6-5-13(7(2)4-10-6)9-12-11-8(3)14-9/h6-7,10H,4-5H2,1-3H3. The number of hydrogen-bond donors (Lipinski definition) is 1. The van der Waals surface area contributed by atoms with Gasteiger partial charge in [-0.1, -0.05) is 11.3 Å². The third-order valence-electron chi connectivity index (χ3n) is 2.53. The van der Waals surface area contributed by atoms with Crippen molar-refractivity contribution in [2.45, 2.75) is 32.9 Å². The van der Waals surface area contributed by atoms with Gasteiger partial charge >= 0.3 is 0 Å². The lowest BCUT2D eigenvalue weighted by Gasteiger charge is -2.37. The second kappa shape index (κ2) is 3.82. The van der Waals surface area contributed by atoms with Crippen molar-refractivity contribution in [3.63, 3.8) is 0 Å². The molecule has 0 bridgehead atoms. The summed E-state index contributed by atoms with van der Waals surface area (Å²) in [6.45, 7) is 8.47. The molecule has 0 saturated carbocycles. The minimum Gasteiger partial charge on any atom is -0.341 e. The van der Waals surface area contributed by atoms with E-state index in [1.807, 2.05) is 6.92 Å². The minimum absolute atomic E-state index is 0.513. The minimum atomic E-state index is 0.513. The number of aromatic nitrogens is 2. The van der Waals surface area contributed by atoms with Crippen molar-refractivity contribution in [3.05, 3.63) is 5.01 Å². The van der Waals surface area contributed by atoms with Gasteiger partial charge in [0, 0.05) is 25.2 Å². The Balaban J connectivity index is 2.15. The molecule has 78 valence electrons. The Morgan fingerprint density at radius 1 is 1.43 bits per heavy atom. The Hall–Kier alpha value is -0.680. The zero-order valence-electron chi connectivity index (χ0n) is 8.82. The summed E-state index contributed by atoms with van der Waals surface area (Å²) >= 11 is 1.68. The quantitative estimate of drug-likeness (QED) is 0.755. The van der Waals surface area contributed by atoms with Gasteiger partial charge in [-0.25, -0.2) is 0 Å². The van der Waals surface area contributed by atoms with Crippen LogP contribution >= 0.6 is 11.3 Å². The molecule has 2 unspecified atom stereocenters. The van der Waals surface area contributed by atoms with Gasteiger partial charge in [0.05, 0.1) is 0 Å². The highest BCUT2D eigenvalue weighted by molar-refractivity contribution is 7.15. The predicted molar refractivity (Wildman–Crippen MR) is 58.9 cm³/mol. The zero-order chi connectivity index (χ0) is 10.1. The molecular formula is C9H16N4S. The van der Waals surface area contributed by atoms with Crippen molar-refractivity contribution in [1.82, 2.24) is 15.5 Å². The first-order valence-electron chi connectivity index (χ1n) is 4.97. The highest BCUT2D eigenvalue weighted by Crippen LogP contribution is 2.23. The fraction of sp³-hybridized carbons (Fsp3) is 0.778. The largest absolute Gasteiger partial charge is 0.341 e. The summed E-state index contributed by atoms with van der Waals surface area (Å²) in [6, 6.07) is 1.05. The summed E-state index contributed by atoms with van der Waals surface area (Å²) in [5, 5.41) is 13.8. The SMILES string of the molecule is Cc1nnc(N2CC(C)NCC2C)s1. The van der Waals surface area contributed by atoms with Crippen molar-refractivity contribution >= 4 is 16.5 Å². The second-order valence-corrected chi connectivity index (χ2v) is 5.07. The summed E-state index contributed by atoms with van der Waals surface area (Å²) in [7, 11) is 0. The van der Waals surface area contributed by atoms with Crippen molar-refractivity contribution in [3.8, 4) is 0 Å². The number of hydrogen-bond acceptors (Lipinski definition) is 5. The number of nitrogens with zero attached hydrogens (tertiary/aromatic N) is 3. The number of piperazine rings is 1. The zero-order valence-corrected chi connectivity index (χ0v) is 9.64. The summed E-state index contributed by atoms with van der Waals surface area (Å²) in [5.74, 6) is 0. The molecule has 0 aromatic carbocycles. The average molecular weight is 212 g/mol. The van der Waals surface area contributed by atoms with Crippen LogP contribution in [0.2, 0.25) is 0 Å². The van der Waals surface area contributed by atoms with Crippen molar-refractivity contribution in [2.75, 3.05) is 18.0 Å². The van der Waals surface area contributed by atoms with Crippen LogP contribution in [0.3, 0.4) is 0 Å². The van der Waals surface area contributed by atoms with E-state index >= 15 is 0 Å². The topological polar surface area (TPSA) is 41.1 Å². The van der Waals surface area contributed by atoms with Crippen LogP contribution in [0.15, 0.2) is 0 Å². The van der Waals surface area contributed by atoms with E-state index in [0.29, 0.717) is 12.1 Å². The molecule has 1 aliphatic rings. The van der Waals surface area contributed by atoms with Crippen LogP contribution in [0.25, 0.3) is 0 Å². The third kappa shape index (κ3) is 1.88. The van der Waals surface area contributed by atoms with E-state index in [4.69, 9.17) is 0 Å². The molecule has 2 atom stereocenters. The molecule has 14 heavy (non-hydrogen) atoms. The van der Waals surface area contributed by atoms with Crippen LogP contribution in [-0.4, -0.2) is 35.4 Å². The van der Waals surface area contributed by atoms with Gasteiger partial charge in [-0.2, -0.15) is 0 Å². The molecule has 0 radical (unpaired) electrons. The van der Waals surface area contributed by atoms with Crippen LogP contribution in [-0.2, 0) is 0 Å². The summed E-state index contributed by atoms with van der Waals surface area (Å²) in [5.41, 5.74) is 0. The first-order valence-corrected chi connectivity index (χ1v) is 5.78. The van der Waals surface area contributed by atoms with Gasteiger partial charge in [-0.3, -0.25) is 0 Å². The Labute approximate surface area is 88.3 Å². The molecule has 1 aliphatic heterocycles. The molecule has 1 saturated heterocycles. The molecule has 1 aromatic rings. The number of nitrogens with one attached hydrogen (secondary N) is 1. The molecule has 5 heteroatoms. The van der Waals surface area contributed by atoms with Gasteiger partial charge in [0.25, 0.3) is 0 Å². The Morgan fingerprint density at radius 3 is 2.86 bits per heavy atom. The monoisotopic (exact) mass is 212 g/mol. The maximum atomic E-state index is 4.19. The summed E-state index contributed by atoms with van der Waals surface area (Å²) in [6.07, 6.45) is 0. The molecule has 0 amide bonds. The molecule has 4 nitrogen and oxygen atoms in total. The maximum absolute atomic E-state index is 4.19. The molecule has 1 aromatic heterocycles. The van der Waals surface area contributed by atoms with Crippen LogP contribution in [0.5, 0.6) is 0 Å². The highest BCUT2D eigenvalue weighted by Gasteiger charge is 2.24. The molecule has 1 fully saturated rings. The average Bonchev–Trinajstić information content (AvgIpc) is 2.56. The Morgan fingerprint density at radius 2 is 2.21 bits per heavy atom. The Kier molecular flexibility index (Phi) is 2.69. The summed E-state index contributed by atoms with van der Waals surface area (Å²) in [4.78, 5) is 2.34. The Bertz CT molecular complexity index is 312. The first-order chi connectivity index (χ1) is 6.66. The fourth-order valence-corrected chi connectivity index (χ4v) is 2.49. The van der Waals surface area contributed by atoms with Gasteiger partial charge in [0.2, 0.25) is 5.13 Å². The van der Waals surface area contributed by atoms with Crippen molar-refractivity contribution in [1.29, 1.82) is 0 Å². The van der Waals surface area contributed by atoms with Crippen LogP contribution in [0.1, 0.15) is 18.9 Å². The lowest BCUT2D eigenvalue weighted by Crippen LogP contribution is -2.54. The van der Waals surface area contributed by atoms with Crippen LogP contribution in [0, 0.1) is 6.92 Å². The molecule has 1 N–H and O–H groups in total. The van der Waals surface area contributed by atoms with E-state index in [2.05, 4.69) is 34.3 Å². The van der Waals surface area contributed by atoms with Crippen LogP contribution in [0.4, 0.5) is 5.13 Å². The molecule has 0 spiro atoms. The number of aryl methyl sites for hydroxylation is 1. The lowest BCUT2D eigenvalue weighted by molar-refractivity contribution is 0.424. The third-order valence-corrected chi connectivity index (χ3v) is 3.40. The van der Waals surface area contributed by atoms with Gasteiger partial charge in [0.15, 0.2) is 0 Å². The first kappa shape index (κ1) is 9.86. The van der Waals surface area contributed by atoms with E-state index < -0.39 is 0 Å². The predicted octanol–water partition coefficient (Wildman–Crippen LogP) is 1.03. The van der Waals surface area contributed by atoms with Gasteiger partial charge in [-0.15, -0.1) is 10.2 Å². The lowest BCUT2D eigenvalue weighted by atomic mass is 10.1.